The molecule has 0 aromatic carbocycles. The molecule has 3 rings (SSSR count). The Morgan fingerprint density at radius 1 is 1.50 bits per heavy atom. The minimum absolute atomic E-state index is 0.142. The van der Waals surface area contributed by atoms with Crippen molar-refractivity contribution in [3.8, 4) is 0 Å². The molecule has 2 aliphatic rings. The van der Waals surface area contributed by atoms with Gasteiger partial charge in [0.1, 0.15) is 5.82 Å². The van der Waals surface area contributed by atoms with Gasteiger partial charge in [0.25, 0.3) is 0 Å². The number of nitrogens with zero attached hydrogens (tertiary/aromatic N) is 2. The van der Waals surface area contributed by atoms with Gasteiger partial charge in [-0.25, -0.2) is 4.79 Å². The van der Waals surface area contributed by atoms with Crippen molar-refractivity contribution in [2.75, 3.05) is 11.9 Å². The summed E-state index contributed by atoms with van der Waals surface area (Å²) in [5.41, 5.74) is 1.17. The Morgan fingerprint density at radius 3 is 2.82 bits per heavy atom. The molecule has 2 atom stereocenters. The molecular formula is C16H26N4O2. The van der Waals surface area contributed by atoms with Crippen LogP contribution in [-0.4, -0.2) is 34.6 Å². The summed E-state index contributed by atoms with van der Waals surface area (Å²) in [5, 5.41) is 10.4. The number of carbonyl (C=O) groups is 1. The maximum Gasteiger partial charge on any atom is 0.320 e. The van der Waals surface area contributed by atoms with Crippen LogP contribution in [0.15, 0.2) is 6.07 Å². The van der Waals surface area contributed by atoms with Gasteiger partial charge in [-0.2, -0.15) is 5.10 Å². The second-order valence-electron chi connectivity index (χ2n) is 6.42. The third kappa shape index (κ3) is 2.49. The van der Waals surface area contributed by atoms with E-state index in [1.807, 2.05) is 20.0 Å². The van der Waals surface area contributed by atoms with E-state index in [0.29, 0.717) is 6.10 Å². The zero-order valence-electron chi connectivity index (χ0n) is 13.7. The third-order valence-electron chi connectivity index (χ3n) is 5.28. The molecule has 6 nitrogen and oxygen atoms in total. The summed E-state index contributed by atoms with van der Waals surface area (Å²) in [4.78, 5) is 12.3. The molecule has 0 radical (unpaired) electrons. The summed E-state index contributed by atoms with van der Waals surface area (Å²) >= 11 is 0. The van der Waals surface area contributed by atoms with Gasteiger partial charge in [-0.15, -0.1) is 0 Å². The average molecular weight is 306 g/mol. The van der Waals surface area contributed by atoms with Crippen molar-refractivity contribution in [1.29, 1.82) is 0 Å². The molecule has 0 bridgehead atoms. The maximum absolute atomic E-state index is 12.3. The SMILES string of the molecule is CCOC1CC(NC(=O)Nc2cc(CC)nn2C)C12CCC2. The number of urea groups is 1. The van der Waals surface area contributed by atoms with E-state index < -0.39 is 0 Å². The number of hydrogen-bond donors (Lipinski definition) is 2. The molecule has 2 saturated carbocycles. The maximum atomic E-state index is 12.3. The number of anilines is 1. The summed E-state index contributed by atoms with van der Waals surface area (Å²) < 4.78 is 7.53. The molecule has 0 aliphatic heterocycles. The van der Waals surface area contributed by atoms with Gasteiger partial charge in [0.2, 0.25) is 0 Å². The van der Waals surface area contributed by atoms with E-state index in [1.54, 1.807) is 4.68 Å². The molecule has 2 fully saturated rings. The minimum atomic E-state index is -0.142. The molecule has 0 saturated heterocycles. The summed E-state index contributed by atoms with van der Waals surface area (Å²) in [5.74, 6) is 0.734. The highest BCUT2D eigenvalue weighted by Crippen LogP contribution is 2.57. The molecule has 122 valence electrons. The molecule has 2 N–H and O–H groups in total. The predicted molar refractivity (Wildman–Crippen MR) is 84.8 cm³/mol. The summed E-state index contributed by atoms with van der Waals surface area (Å²) in [6, 6.07) is 2.01. The first-order valence-corrected chi connectivity index (χ1v) is 8.31. The summed E-state index contributed by atoms with van der Waals surface area (Å²) in [6.07, 6.45) is 5.67. The van der Waals surface area contributed by atoms with Crippen LogP contribution >= 0.6 is 0 Å². The van der Waals surface area contributed by atoms with Crippen molar-refractivity contribution in [3.05, 3.63) is 11.8 Å². The van der Waals surface area contributed by atoms with E-state index >= 15 is 0 Å². The highest BCUT2D eigenvalue weighted by Gasteiger charge is 2.59. The van der Waals surface area contributed by atoms with Crippen molar-refractivity contribution in [3.63, 3.8) is 0 Å². The van der Waals surface area contributed by atoms with E-state index in [1.165, 1.54) is 6.42 Å². The number of amides is 2. The lowest BCUT2D eigenvalue weighted by atomic mass is 9.51. The molecule has 2 aliphatic carbocycles. The summed E-state index contributed by atoms with van der Waals surface area (Å²) in [7, 11) is 1.84. The fourth-order valence-corrected chi connectivity index (χ4v) is 3.77. The van der Waals surface area contributed by atoms with E-state index in [0.717, 1.165) is 43.8 Å². The molecule has 1 aromatic rings. The zero-order valence-corrected chi connectivity index (χ0v) is 13.7. The molecular weight excluding hydrogens is 280 g/mol. The Bertz CT molecular complexity index is 550. The first kappa shape index (κ1) is 15.3. The second kappa shape index (κ2) is 5.91. The fraction of sp³-hybridized carbons (Fsp3) is 0.750. The van der Waals surface area contributed by atoms with Crippen LogP contribution in [-0.2, 0) is 18.2 Å². The lowest BCUT2D eigenvalue weighted by molar-refractivity contribution is -0.169. The van der Waals surface area contributed by atoms with Crippen molar-refractivity contribution in [1.82, 2.24) is 15.1 Å². The highest BCUT2D eigenvalue weighted by molar-refractivity contribution is 5.88. The Morgan fingerprint density at radius 2 is 2.27 bits per heavy atom. The van der Waals surface area contributed by atoms with Crippen LogP contribution in [0.3, 0.4) is 0 Å². The Hall–Kier alpha value is -1.56. The molecule has 6 heteroatoms. The van der Waals surface area contributed by atoms with E-state index in [2.05, 4.69) is 22.7 Å². The van der Waals surface area contributed by atoms with E-state index in [4.69, 9.17) is 4.74 Å². The Labute approximate surface area is 131 Å². The van der Waals surface area contributed by atoms with Gasteiger partial charge in [-0.3, -0.25) is 10.00 Å². The van der Waals surface area contributed by atoms with E-state index in [9.17, 15) is 4.79 Å². The van der Waals surface area contributed by atoms with Gasteiger partial charge in [0.15, 0.2) is 0 Å². The lowest BCUT2D eigenvalue weighted by Crippen LogP contribution is -2.68. The fourth-order valence-electron chi connectivity index (χ4n) is 3.77. The molecule has 22 heavy (non-hydrogen) atoms. The first-order valence-electron chi connectivity index (χ1n) is 8.31. The van der Waals surface area contributed by atoms with Crippen LogP contribution in [0.1, 0.15) is 45.2 Å². The minimum Gasteiger partial charge on any atom is -0.378 e. The third-order valence-corrected chi connectivity index (χ3v) is 5.28. The van der Waals surface area contributed by atoms with E-state index in [-0.39, 0.29) is 17.5 Å². The Kier molecular flexibility index (Phi) is 4.12. The van der Waals surface area contributed by atoms with Crippen LogP contribution in [0.2, 0.25) is 0 Å². The standard InChI is InChI=1S/C16H26N4O2/c1-4-11-9-14(20(3)19-11)18-15(21)17-12-10-13(22-5-2)16(12)7-6-8-16/h9,12-13H,4-8,10H2,1-3H3,(H2,17,18,21). The van der Waals surface area contributed by atoms with Crippen molar-refractivity contribution >= 4 is 11.8 Å². The number of carbonyl (C=O) groups excluding carboxylic acids is 1. The van der Waals surface area contributed by atoms with Gasteiger partial charge in [-0.05, 0) is 32.6 Å². The quantitative estimate of drug-likeness (QED) is 0.878. The smallest absolute Gasteiger partial charge is 0.320 e. The zero-order chi connectivity index (χ0) is 15.7. The van der Waals surface area contributed by atoms with Gasteiger partial charge < -0.3 is 10.1 Å². The van der Waals surface area contributed by atoms with Gasteiger partial charge in [-0.1, -0.05) is 13.3 Å². The number of nitrogens with one attached hydrogen (secondary N) is 2. The number of ether oxygens (including phenoxy) is 1. The highest BCUT2D eigenvalue weighted by atomic mass is 16.5. The van der Waals surface area contributed by atoms with Crippen LogP contribution in [0.5, 0.6) is 0 Å². The van der Waals surface area contributed by atoms with Gasteiger partial charge >= 0.3 is 6.03 Å². The molecule has 2 unspecified atom stereocenters. The number of hydrogen-bond acceptors (Lipinski definition) is 3. The summed E-state index contributed by atoms with van der Waals surface area (Å²) in [6.45, 7) is 4.84. The van der Waals surface area contributed by atoms with Crippen LogP contribution < -0.4 is 10.6 Å². The lowest BCUT2D eigenvalue weighted by Gasteiger charge is -2.60. The van der Waals surface area contributed by atoms with Crippen LogP contribution in [0.25, 0.3) is 0 Å². The second-order valence-corrected chi connectivity index (χ2v) is 6.42. The Balaban J connectivity index is 1.57. The molecule has 1 aromatic heterocycles. The van der Waals surface area contributed by atoms with Gasteiger partial charge in [0, 0.05) is 31.2 Å². The average Bonchev–Trinajstić information content (AvgIpc) is 2.76. The predicted octanol–water partition coefficient (Wildman–Crippen LogP) is 2.45. The first-order chi connectivity index (χ1) is 10.6. The number of rotatable bonds is 5. The van der Waals surface area contributed by atoms with Crippen LogP contribution in [0, 0.1) is 5.41 Å². The monoisotopic (exact) mass is 306 g/mol. The largest absolute Gasteiger partial charge is 0.378 e. The molecule has 2 amide bonds. The van der Waals surface area contributed by atoms with Crippen molar-refractivity contribution in [2.45, 2.75) is 58.1 Å². The van der Waals surface area contributed by atoms with Crippen molar-refractivity contribution < 1.29 is 9.53 Å². The number of aromatic nitrogens is 2. The topological polar surface area (TPSA) is 68.2 Å². The van der Waals surface area contributed by atoms with Crippen molar-refractivity contribution in [2.24, 2.45) is 12.5 Å². The molecule has 1 spiro atoms. The van der Waals surface area contributed by atoms with Crippen LogP contribution in [0.4, 0.5) is 10.6 Å². The molecule has 1 heterocycles. The van der Waals surface area contributed by atoms with Gasteiger partial charge in [0.05, 0.1) is 11.8 Å². The number of aryl methyl sites for hydroxylation is 2. The normalized spacial score (nSPS) is 25.4.